The fourth-order valence-electron chi connectivity index (χ4n) is 3.42. The first-order valence-electron chi connectivity index (χ1n) is 9.38. The van der Waals surface area contributed by atoms with Crippen molar-refractivity contribution >= 4 is 10.8 Å². The molecule has 32 heavy (non-hydrogen) atoms. The van der Waals surface area contributed by atoms with Gasteiger partial charge in [0.2, 0.25) is 0 Å². The predicted octanol–water partition coefficient (Wildman–Crippen LogP) is 6.41. The number of hydrogen-bond donors (Lipinski definition) is 0. The van der Waals surface area contributed by atoms with Gasteiger partial charge in [-0.05, 0) is 41.6 Å². The molecule has 9 heteroatoms. The van der Waals surface area contributed by atoms with Gasteiger partial charge in [-0.3, -0.25) is 0 Å². The number of hydrogen-bond acceptors (Lipinski definition) is 2. The van der Waals surface area contributed by atoms with Gasteiger partial charge in [-0.15, -0.1) is 0 Å². The molecule has 0 aromatic heterocycles. The highest BCUT2D eigenvalue weighted by Gasteiger charge is 2.24. The molecule has 4 rings (SSSR count). The SMILES string of the molecule is Fc1cc2cc(-c3c(F)cc(C4OCCCO4)cc3F)ccc2c(F)c1C#CC(F)(F)F. The van der Waals surface area contributed by atoms with Crippen molar-refractivity contribution in [2.75, 3.05) is 13.2 Å². The average Bonchev–Trinajstić information content (AvgIpc) is 2.72. The molecule has 0 amide bonds. The van der Waals surface area contributed by atoms with Gasteiger partial charge >= 0.3 is 6.18 Å². The number of rotatable bonds is 2. The van der Waals surface area contributed by atoms with Gasteiger partial charge in [0.05, 0.1) is 24.3 Å². The third kappa shape index (κ3) is 4.42. The van der Waals surface area contributed by atoms with E-state index >= 15 is 0 Å². The van der Waals surface area contributed by atoms with E-state index in [1.54, 1.807) is 0 Å². The summed E-state index contributed by atoms with van der Waals surface area (Å²) >= 11 is 0. The Hall–Kier alpha value is -3.09. The largest absolute Gasteiger partial charge is 0.458 e. The molecule has 3 aromatic rings. The molecular weight excluding hydrogens is 441 g/mol. The van der Waals surface area contributed by atoms with E-state index in [-0.39, 0.29) is 21.9 Å². The molecule has 1 fully saturated rings. The van der Waals surface area contributed by atoms with Gasteiger partial charge in [0.25, 0.3) is 0 Å². The summed E-state index contributed by atoms with van der Waals surface area (Å²) in [5.74, 6) is -2.24. The van der Waals surface area contributed by atoms with Crippen molar-refractivity contribution in [2.45, 2.75) is 18.9 Å². The van der Waals surface area contributed by atoms with Crippen molar-refractivity contribution in [1.29, 1.82) is 0 Å². The molecular formula is C23H13F7O2. The van der Waals surface area contributed by atoms with Gasteiger partial charge in [-0.1, -0.05) is 18.1 Å². The van der Waals surface area contributed by atoms with Crippen molar-refractivity contribution in [3.63, 3.8) is 0 Å². The number of benzene rings is 3. The third-order valence-corrected chi connectivity index (χ3v) is 4.81. The molecule has 1 aliphatic heterocycles. The summed E-state index contributed by atoms with van der Waals surface area (Å²) in [6.45, 7) is 0.763. The molecule has 3 aromatic carbocycles. The molecule has 0 aliphatic carbocycles. The first kappa shape index (κ1) is 22.1. The van der Waals surface area contributed by atoms with E-state index < -0.39 is 46.9 Å². The van der Waals surface area contributed by atoms with Crippen LogP contribution in [0.15, 0.2) is 36.4 Å². The quantitative estimate of drug-likeness (QED) is 0.329. The molecule has 166 valence electrons. The van der Waals surface area contributed by atoms with E-state index in [1.165, 1.54) is 12.0 Å². The summed E-state index contributed by atoms with van der Waals surface area (Å²) in [5.41, 5.74) is -1.35. The molecule has 0 unspecified atom stereocenters. The summed E-state index contributed by atoms with van der Waals surface area (Å²) in [7, 11) is 0. The molecule has 1 heterocycles. The Morgan fingerprint density at radius 2 is 1.50 bits per heavy atom. The van der Waals surface area contributed by atoms with E-state index in [1.807, 2.05) is 0 Å². The number of halogens is 7. The van der Waals surface area contributed by atoms with Crippen LogP contribution in [0, 0.1) is 35.1 Å². The average molecular weight is 454 g/mol. The van der Waals surface area contributed by atoms with E-state index in [9.17, 15) is 30.7 Å². The summed E-state index contributed by atoms with van der Waals surface area (Å²) in [6.07, 6.45) is -5.17. The zero-order chi connectivity index (χ0) is 23.0. The monoisotopic (exact) mass is 454 g/mol. The first-order chi connectivity index (χ1) is 15.1. The van der Waals surface area contributed by atoms with Gasteiger partial charge in [-0.25, -0.2) is 17.6 Å². The lowest BCUT2D eigenvalue weighted by atomic mass is 9.97. The summed E-state index contributed by atoms with van der Waals surface area (Å²) < 4.78 is 106. The van der Waals surface area contributed by atoms with Crippen LogP contribution in [0.5, 0.6) is 0 Å². The van der Waals surface area contributed by atoms with Crippen LogP contribution >= 0.6 is 0 Å². The van der Waals surface area contributed by atoms with Gasteiger partial charge in [0.15, 0.2) is 6.29 Å². The second-order valence-corrected chi connectivity index (χ2v) is 7.02. The van der Waals surface area contributed by atoms with Gasteiger partial charge in [-0.2, -0.15) is 13.2 Å². The Kier molecular flexibility index (Phi) is 5.84. The Morgan fingerprint density at radius 1 is 0.844 bits per heavy atom. The van der Waals surface area contributed by atoms with Crippen molar-refractivity contribution in [1.82, 2.24) is 0 Å². The molecule has 2 nitrogen and oxygen atoms in total. The highest BCUT2D eigenvalue weighted by atomic mass is 19.4. The summed E-state index contributed by atoms with van der Waals surface area (Å²) in [4.78, 5) is 0. The number of fused-ring (bicyclic) bond motifs is 1. The lowest BCUT2D eigenvalue weighted by molar-refractivity contribution is -0.183. The fraction of sp³-hybridized carbons (Fsp3) is 0.217. The zero-order valence-corrected chi connectivity index (χ0v) is 16.1. The van der Waals surface area contributed by atoms with E-state index in [2.05, 4.69) is 0 Å². The van der Waals surface area contributed by atoms with Crippen LogP contribution in [0.1, 0.15) is 23.8 Å². The molecule has 0 radical (unpaired) electrons. The van der Waals surface area contributed by atoms with E-state index in [4.69, 9.17) is 9.47 Å². The Morgan fingerprint density at radius 3 is 2.12 bits per heavy atom. The maximum absolute atomic E-state index is 14.8. The van der Waals surface area contributed by atoms with Gasteiger partial charge in [0.1, 0.15) is 23.3 Å². The van der Waals surface area contributed by atoms with Crippen LogP contribution in [-0.2, 0) is 9.47 Å². The van der Waals surface area contributed by atoms with Crippen LogP contribution in [-0.4, -0.2) is 19.4 Å². The summed E-state index contributed by atoms with van der Waals surface area (Å²) in [6, 6.07) is 6.27. The zero-order valence-electron chi connectivity index (χ0n) is 16.1. The molecule has 0 saturated carbocycles. The van der Waals surface area contributed by atoms with Crippen molar-refractivity contribution in [3.05, 3.63) is 70.8 Å². The van der Waals surface area contributed by atoms with Gasteiger partial charge < -0.3 is 9.47 Å². The van der Waals surface area contributed by atoms with Crippen molar-refractivity contribution < 1.29 is 40.2 Å². The van der Waals surface area contributed by atoms with Crippen LogP contribution in [0.25, 0.3) is 21.9 Å². The van der Waals surface area contributed by atoms with Crippen molar-refractivity contribution in [3.8, 4) is 23.0 Å². The maximum Gasteiger partial charge on any atom is 0.458 e. The van der Waals surface area contributed by atoms with Crippen molar-refractivity contribution in [2.24, 2.45) is 0 Å². The normalized spacial score (nSPS) is 15.0. The fourth-order valence-corrected chi connectivity index (χ4v) is 3.42. The Bertz CT molecular complexity index is 1230. The Balaban J connectivity index is 1.76. The van der Waals surface area contributed by atoms with E-state index in [0.29, 0.717) is 19.6 Å². The first-order valence-corrected chi connectivity index (χ1v) is 9.38. The van der Waals surface area contributed by atoms with Crippen LogP contribution in [0.4, 0.5) is 30.7 Å². The van der Waals surface area contributed by atoms with Crippen LogP contribution in [0.3, 0.4) is 0 Å². The minimum absolute atomic E-state index is 0.0162. The highest BCUT2D eigenvalue weighted by molar-refractivity contribution is 5.89. The van der Waals surface area contributed by atoms with Crippen LogP contribution in [0.2, 0.25) is 0 Å². The predicted molar refractivity (Wildman–Crippen MR) is 101 cm³/mol. The standard InChI is InChI=1S/C23H13F7O2/c24-17-9-13-8-12(2-3-15(13)21(27)16(17)4-5-23(28,29)30)20-18(25)10-14(11-19(20)26)22-31-6-1-7-32-22/h2-3,8-11,22H,1,6-7H2. The second-order valence-electron chi connectivity index (χ2n) is 7.02. The molecule has 0 atom stereocenters. The Labute approximate surface area is 177 Å². The molecule has 0 bridgehead atoms. The van der Waals surface area contributed by atoms with Crippen LogP contribution < -0.4 is 0 Å². The highest BCUT2D eigenvalue weighted by Crippen LogP contribution is 2.34. The minimum Gasteiger partial charge on any atom is -0.348 e. The molecule has 1 aliphatic rings. The third-order valence-electron chi connectivity index (χ3n) is 4.81. The lowest BCUT2D eigenvalue weighted by Crippen LogP contribution is -2.18. The number of alkyl halides is 3. The molecule has 0 spiro atoms. The topological polar surface area (TPSA) is 18.5 Å². The number of ether oxygens (including phenoxy) is 2. The smallest absolute Gasteiger partial charge is 0.348 e. The maximum atomic E-state index is 14.8. The molecule has 0 N–H and O–H groups in total. The molecule has 1 saturated heterocycles. The van der Waals surface area contributed by atoms with Gasteiger partial charge in [0, 0.05) is 16.9 Å². The second kappa shape index (κ2) is 8.45. The summed E-state index contributed by atoms with van der Waals surface area (Å²) in [5, 5.41) is -0.347. The van der Waals surface area contributed by atoms with E-state index in [0.717, 1.165) is 36.3 Å². The minimum atomic E-state index is -4.92. The lowest BCUT2D eigenvalue weighted by Gasteiger charge is -2.24.